The Morgan fingerprint density at radius 1 is 1.25 bits per heavy atom. The van der Waals surface area contributed by atoms with Gasteiger partial charge >= 0.3 is 0 Å². The predicted molar refractivity (Wildman–Crippen MR) is 82.5 cm³/mol. The summed E-state index contributed by atoms with van der Waals surface area (Å²) in [6.45, 7) is 7.35. The minimum atomic E-state index is 0.225. The first-order valence-corrected chi connectivity index (χ1v) is 7.30. The van der Waals surface area contributed by atoms with Crippen LogP contribution >= 0.6 is 0 Å². The van der Waals surface area contributed by atoms with Crippen molar-refractivity contribution in [2.24, 2.45) is 11.8 Å². The molecule has 0 saturated heterocycles. The predicted octanol–water partition coefficient (Wildman–Crippen LogP) is 2.10. The summed E-state index contributed by atoms with van der Waals surface area (Å²) in [5.74, 6) is 7.71. The van der Waals surface area contributed by atoms with Gasteiger partial charge < -0.3 is 15.8 Å². The van der Waals surface area contributed by atoms with Gasteiger partial charge in [0.15, 0.2) is 0 Å². The van der Waals surface area contributed by atoms with E-state index in [1.54, 1.807) is 0 Å². The van der Waals surface area contributed by atoms with Crippen LogP contribution < -0.4 is 16.6 Å². The van der Waals surface area contributed by atoms with Gasteiger partial charge in [0.1, 0.15) is 18.0 Å². The maximum absolute atomic E-state index is 9.11. The van der Waals surface area contributed by atoms with Gasteiger partial charge in [-0.2, -0.15) is 0 Å². The molecule has 1 rings (SSSR count). The van der Waals surface area contributed by atoms with Gasteiger partial charge in [-0.15, -0.1) is 0 Å². The number of aliphatic hydroxyl groups excluding tert-OH is 1. The van der Waals surface area contributed by atoms with Crippen molar-refractivity contribution in [1.29, 1.82) is 0 Å². The summed E-state index contributed by atoms with van der Waals surface area (Å²) in [5.41, 5.74) is 3.62. The lowest BCUT2D eigenvalue weighted by atomic mass is 9.99. The van der Waals surface area contributed by atoms with E-state index < -0.39 is 0 Å². The summed E-state index contributed by atoms with van der Waals surface area (Å²) in [6.07, 6.45) is 4.52. The molecule has 1 aromatic heterocycles. The molecule has 0 aliphatic heterocycles. The maximum atomic E-state index is 9.11. The minimum absolute atomic E-state index is 0.225. The molecule has 5 N–H and O–H groups in total. The molecule has 6 nitrogen and oxygen atoms in total. The van der Waals surface area contributed by atoms with Crippen LogP contribution in [0.4, 0.5) is 11.6 Å². The van der Waals surface area contributed by atoms with Gasteiger partial charge in [0, 0.05) is 18.7 Å². The molecule has 0 amide bonds. The lowest BCUT2D eigenvalue weighted by Gasteiger charge is -2.20. The molecule has 20 heavy (non-hydrogen) atoms. The van der Waals surface area contributed by atoms with Crippen molar-refractivity contribution in [2.75, 3.05) is 23.9 Å². The van der Waals surface area contributed by atoms with E-state index in [0.717, 1.165) is 37.2 Å². The fraction of sp³-hybridized carbons (Fsp3) is 0.714. The molecule has 0 aliphatic carbocycles. The van der Waals surface area contributed by atoms with Crippen LogP contribution in [-0.4, -0.2) is 28.2 Å². The van der Waals surface area contributed by atoms with E-state index in [-0.39, 0.29) is 12.5 Å². The molecule has 114 valence electrons. The molecule has 1 unspecified atom stereocenters. The van der Waals surface area contributed by atoms with Gasteiger partial charge in [0.2, 0.25) is 0 Å². The number of nitrogen functional groups attached to an aromatic ring is 1. The lowest BCUT2D eigenvalue weighted by Crippen LogP contribution is -2.19. The van der Waals surface area contributed by atoms with E-state index in [2.05, 4.69) is 41.5 Å². The molecular formula is C14H27N5O. The van der Waals surface area contributed by atoms with Crippen LogP contribution in [0.1, 0.15) is 51.5 Å². The third-order valence-corrected chi connectivity index (χ3v) is 3.39. The third kappa shape index (κ3) is 4.61. The van der Waals surface area contributed by atoms with Crippen molar-refractivity contribution in [3.63, 3.8) is 0 Å². The summed E-state index contributed by atoms with van der Waals surface area (Å²) in [7, 11) is 0. The van der Waals surface area contributed by atoms with Crippen molar-refractivity contribution in [3.05, 3.63) is 11.9 Å². The van der Waals surface area contributed by atoms with Crippen LogP contribution in [0.3, 0.4) is 0 Å². The average Bonchev–Trinajstić information content (AvgIpc) is 2.44. The first kappa shape index (κ1) is 16.7. The molecule has 0 bridgehead atoms. The molecular weight excluding hydrogens is 254 g/mol. The number of hydrazine groups is 1. The Labute approximate surface area is 121 Å². The zero-order valence-electron chi connectivity index (χ0n) is 12.7. The lowest BCUT2D eigenvalue weighted by molar-refractivity contribution is 0.255. The fourth-order valence-corrected chi connectivity index (χ4v) is 2.38. The Balaban J connectivity index is 2.80. The standard InChI is InChI=1S/C14H27N5O/c1-4-5-11(6-7-20)8-16-13-12(10(2)3)14(19-15)18-9-17-13/h9-11,20H,4-8,15H2,1-3H3,(H2,16,17,18,19). The first-order chi connectivity index (χ1) is 9.63. The number of anilines is 2. The van der Waals surface area contributed by atoms with E-state index in [1.807, 2.05) is 0 Å². The number of aromatic nitrogens is 2. The summed E-state index contributed by atoms with van der Waals surface area (Å²) in [6, 6.07) is 0. The molecule has 0 radical (unpaired) electrons. The number of hydrogen-bond donors (Lipinski definition) is 4. The van der Waals surface area contributed by atoms with E-state index in [9.17, 15) is 0 Å². The Kier molecular flexibility index (Phi) is 7.25. The van der Waals surface area contributed by atoms with Crippen molar-refractivity contribution in [3.8, 4) is 0 Å². The highest BCUT2D eigenvalue weighted by Gasteiger charge is 2.15. The normalized spacial score (nSPS) is 12.5. The average molecular weight is 281 g/mol. The SMILES string of the molecule is CCCC(CCO)CNc1ncnc(NN)c1C(C)C. The van der Waals surface area contributed by atoms with Crippen LogP contribution in [0.25, 0.3) is 0 Å². The van der Waals surface area contributed by atoms with Crippen LogP contribution in [0.5, 0.6) is 0 Å². The smallest absolute Gasteiger partial charge is 0.148 e. The van der Waals surface area contributed by atoms with Crippen LogP contribution in [0, 0.1) is 5.92 Å². The Bertz CT molecular complexity index is 391. The van der Waals surface area contributed by atoms with Gasteiger partial charge in [-0.25, -0.2) is 15.8 Å². The van der Waals surface area contributed by atoms with Gasteiger partial charge in [0.25, 0.3) is 0 Å². The Morgan fingerprint density at radius 2 is 1.95 bits per heavy atom. The number of aliphatic hydroxyl groups is 1. The number of nitrogens with two attached hydrogens (primary N) is 1. The van der Waals surface area contributed by atoms with E-state index >= 15 is 0 Å². The maximum Gasteiger partial charge on any atom is 0.148 e. The Hall–Kier alpha value is -1.40. The zero-order chi connectivity index (χ0) is 15.0. The highest BCUT2D eigenvalue weighted by atomic mass is 16.3. The van der Waals surface area contributed by atoms with Gasteiger partial charge in [-0.3, -0.25) is 0 Å². The Morgan fingerprint density at radius 3 is 2.50 bits per heavy atom. The van der Waals surface area contributed by atoms with Crippen molar-refractivity contribution in [1.82, 2.24) is 9.97 Å². The highest BCUT2D eigenvalue weighted by Crippen LogP contribution is 2.28. The zero-order valence-corrected chi connectivity index (χ0v) is 12.7. The van der Waals surface area contributed by atoms with Crippen molar-refractivity contribution in [2.45, 2.75) is 46.0 Å². The minimum Gasteiger partial charge on any atom is -0.396 e. The van der Waals surface area contributed by atoms with Gasteiger partial charge in [-0.05, 0) is 24.7 Å². The summed E-state index contributed by atoms with van der Waals surface area (Å²) < 4.78 is 0. The number of nitrogens with zero attached hydrogens (tertiary/aromatic N) is 2. The van der Waals surface area contributed by atoms with E-state index in [1.165, 1.54) is 6.33 Å². The second-order valence-corrected chi connectivity index (χ2v) is 5.33. The van der Waals surface area contributed by atoms with Gasteiger partial charge in [0.05, 0.1) is 0 Å². The van der Waals surface area contributed by atoms with Crippen molar-refractivity contribution >= 4 is 11.6 Å². The molecule has 0 spiro atoms. The molecule has 1 atom stereocenters. The molecule has 0 aliphatic rings. The second kappa shape index (κ2) is 8.71. The van der Waals surface area contributed by atoms with Crippen LogP contribution in [0.15, 0.2) is 6.33 Å². The monoisotopic (exact) mass is 281 g/mol. The summed E-state index contributed by atoms with van der Waals surface area (Å²) in [5, 5.41) is 12.5. The number of rotatable bonds is 9. The number of nitrogens with one attached hydrogen (secondary N) is 2. The fourth-order valence-electron chi connectivity index (χ4n) is 2.38. The third-order valence-electron chi connectivity index (χ3n) is 3.39. The largest absolute Gasteiger partial charge is 0.396 e. The molecule has 0 aromatic carbocycles. The van der Waals surface area contributed by atoms with Crippen LogP contribution in [-0.2, 0) is 0 Å². The van der Waals surface area contributed by atoms with E-state index in [0.29, 0.717) is 11.7 Å². The summed E-state index contributed by atoms with van der Waals surface area (Å²) >= 11 is 0. The first-order valence-electron chi connectivity index (χ1n) is 7.30. The quantitative estimate of drug-likeness (QED) is 0.409. The molecule has 6 heteroatoms. The second-order valence-electron chi connectivity index (χ2n) is 5.33. The van der Waals surface area contributed by atoms with Gasteiger partial charge in [-0.1, -0.05) is 27.2 Å². The van der Waals surface area contributed by atoms with Crippen molar-refractivity contribution < 1.29 is 5.11 Å². The van der Waals surface area contributed by atoms with E-state index in [4.69, 9.17) is 10.9 Å². The van der Waals surface area contributed by atoms with Crippen LogP contribution in [0.2, 0.25) is 0 Å². The summed E-state index contributed by atoms with van der Waals surface area (Å²) in [4.78, 5) is 8.47. The topological polar surface area (TPSA) is 96.1 Å². The number of hydrogen-bond acceptors (Lipinski definition) is 6. The molecule has 1 heterocycles. The molecule has 0 fully saturated rings. The molecule has 1 aromatic rings. The highest BCUT2D eigenvalue weighted by molar-refractivity contribution is 5.58. The molecule has 0 saturated carbocycles.